The Balaban J connectivity index is 1.79. The van der Waals surface area contributed by atoms with Crippen molar-refractivity contribution in [3.63, 3.8) is 0 Å². The Morgan fingerprint density at radius 2 is 2.04 bits per heavy atom. The molecular formula is C21H24N2O4. The fourth-order valence-electron chi connectivity index (χ4n) is 2.91. The van der Waals surface area contributed by atoms with E-state index in [0.29, 0.717) is 42.2 Å². The van der Waals surface area contributed by atoms with Crippen LogP contribution in [0.15, 0.2) is 36.4 Å². The third kappa shape index (κ3) is 4.58. The molecule has 0 fully saturated rings. The van der Waals surface area contributed by atoms with Gasteiger partial charge in [0.05, 0.1) is 19.4 Å². The molecule has 0 aromatic heterocycles. The minimum atomic E-state index is -0.233. The zero-order valence-corrected chi connectivity index (χ0v) is 15.6. The van der Waals surface area contributed by atoms with Gasteiger partial charge in [-0.1, -0.05) is 13.3 Å². The van der Waals surface area contributed by atoms with Gasteiger partial charge in [-0.15, -0.1) is 0 Å². The summed E-state index contributed by atoms with van der Waals surface area (Å²) < 4.78 is 11.1. The summed E-state index contributed by atoms with van der Waals surface area (Å²) >= 11 is 0. The van der Waals surface area contributed by atoms with Crippen molar-refractivity contribution < 1.29 is 19.1 Å². The third-order valence-electron chi connectivity index (χ3n) is 4.45. The van der Waals surface area contributed by atoms with E-state index in [9.17, 15) is 9.59 Å². The van der Waals surface area contributed by atoms with E-state index >= 15 is 0 Å². The molecule has 0 atom stereocenters. The summed E-state index contributed by atoms with van der Waals surface area (Å²) in [4.78, 5) is 24.2. The molecule has 1 heterocycles. The van der Waals surface area contributed by atoms with Gasteiger partial charge in [-0.05, 0) is 48.7 Å². The molecule has 0 bridgehead atoms. The van der Waals surface area contributed by atoms with Gasteiger partial charge < -0.3 is 20.1 Å². The molecule has 27 heavy (non-hydrogen) atoms. The molecule has 0 radical (unpaired) electrons. The number of unbranched alkanes of at least 4 members (excludes halogenated alkanes) is 1. The molecule has 0 unspecified atom stereocenters. The van der Waals surface area contributed by atoms with Gasteiger partial charge in [0.25, 0.3) is 5.91 Å². The molecule has 3 rings (SSSR count). The Kier molecular flexibility index (Phi) is 5.96. The maximum absolute atomic E-state index is 12.8. The summed E-state index contributed by atoms with van der Waals surface area (Å²) in [5.41, 5.74) is 2.84. The SMILES string of the molecule is CCCCOc1ccc(OC)cc1NC(=O)c1ccc2c(c1)CCC(=O)N2. The highest BCUT2D eigenvalue weighted by atomic mass is 16.5. The van der Waals surface area contributed by atoms with Gasteiger partial charge in [-0.2, -0.15) is 0 Å². The third-order valence-corrected chi connectivity index (χ3v) is 4.45. The number of fused-ring (bicyclic) bond motifs is 1. The molecule has 2 amide bonds. The molecule has 0 spiro atoms. The Morgan fingerprint density at radius 1 is 1.19 bits per heavy atom. The summed E-state index contributed by atoms with van der Waals surface area (Å²) in [6.07, 6.45) is 3.04. The quantitative estimate of drug-likeness (QED) is 0.724. The molecule has 0 saturated heterocycles. The molecule has 0 aliphatic carbocycles. The number of hydrogen-bond donors (Lipinski definition) is 2. The van der Waals surface area contributed by atoms with Crippen LogP contribution in [-0.4, -0.2) is 25.5 Å². The van der Waals surface area contributed by atoms with E-state index in [1.165, 1.54) is 0 Å². The Hall–Kier alpha value is -3.02. The molecule has 2 aromatic carbocycles. The number of methoxy groups -OCH3 is 1. The first-order chi connectivity index (χ1) is 13.1. The topological polar surface area (TPSA) is 76.7 Å². The number of ether oxygens (including phenoxy) is 2. The molecule has 1 aliphatic heterocycles. The zero-order chi connectivity index (χ0) is 19.2. The van der Waals surface area contributed by atoms with Crippen LogP contribution in [-0.2, 0) is 11.2 Å². The summed E-state index contributed by atoms with van der Waals surface area (Å²) in [6.45, 7) is 2.68. The first-order valence-electron chi connectivity index (χ1n) is 9.15. The van der Waals surface area contributed by atoms with Crippen LogP contribution in [0.5, 0.6) is 11.5 Å². The Labute approximate surface area is 158 Å². The van der Waals surface area contributed by atoms with Crippen LogP contribution in [0.3, 0.4) is 0 Å². The number of benzene rings is 2. The van der Waals surface area contributed by atoms with E-state index < -0.39 is 0 Å². The van der Waals surface area contributed by atoms with E-state index in [4.69, 9.17) is 9.47 Å². The van der Waals surface area contributed by atoms with Crippen molar-refractivity contribution in [1.82, 2.24) is 0 Å². The van der Waals surface area contributed by atoms with E-state index in [1.54, 1.807) is 37.4 Å². The monoisotopic (exact) mass is 368 g/mol. The highest BCUT2D eigenvalue weighted by molar-refractivity contribution is 6.06. The fraction of sp³-hybridized carbons (Fsp3) is 0.333. The zero-order valence-electron chi connectivity index (χ0n) is 15.6. The number of rotatable bonds is 7. The predicted molar refractivity (Wildman–Crippen MR) is 105 cm³/mol. The molecule has 6 heteroatoms. The van der Waals surface area contributed by atoms with E-state index in [-0.39, 0.29) is 11.8 Å². The van der Waals surface area contributed by atoms with Crippen LogP contribution in [0.1, 0.15) is 42.1 Å². The average Bonchev–Trinajstić information content (AvgIpc) is 2.68. The van der Waals surface area contributed by atoms with Crippen molar-refractivity contribution in [2.24, 2.45) is 0 Å². The lowest BCUT2D eigenvalue weighted by Crippen LogP contribution is -2.20. The lowest BCUT2D eigenvalue weighted by atomic mass is 10.00. The van der Waals surface area contributed by atoms with Crippen LogP contribution in [0.25, 0.3) is 0 Å². The van der Waals surface area contributed by atoms with Crippen molar-refractivity contribution in [2.75, 3.05) is 24.4 Å². The second-order valence-corrected chi connectivity index (χ2v) is 6.44. The van der Waals surface area contributed by atoms with Gasteiger partial charge in [-0.25, -0.2) is 0 Å². The number of hydrogen-bond acceptors (Lipinski definition) is 4. The second kappa shape index (κ2) is 8.58. The summed E-state index contributed by atoms with van der Waals surface area (Å²) in [5.74, 6) is 1.03. The predicted octanol–water partition coefficient (Wildman–Crippen LogP) is 4.01. The Morgan fingerprint density at radius 3 is 2.81 bits per heavy atom. The lowest BCUT2D eigenvalue weighted by Gasteiger charge is -2.18. The van der Waals surface area contributed by atoms with E-state index in [1.807, 2.05) is 6.07 Å². The molecule has 2 N–H and O–H groups in total. The minimum Gasteiger partial charge on any atom is -0.497 e. The summed E-state index contributed by atoms with van der Waals surface area (Å²) in [7, 11) is 1.58. The second-order valence-electron chi connectivity index (χ2n) is 6.44. The molecular weight excluding hydrogens is 344 g/mol. The van der Waals surface area contributed by atoms with Crippen molar-refractivity contribution >= 4 is 23.2 Å². The number of aryl methyl sites for hydroxylation is 1. The number of anilines is 2. The van der Waals surface area contributed by atoms with Crippen molar-refractivity contribution in [1.29, 1.82) is 0 Å². The highest BCUT2D eigenvalue weighted by Gasteiger charge is 2.17. The van der Waals surface area contributed by atoms with E-state index in [0.717, 1.165) is 24.1 Å². The minimum absolute atomic E-state index is 0.00459. The number of amides is 2. The molecule has 1 aliphatic rings. The first kappa shape index (κ1) is 18.8. The normalized spacial score (nSPS) is 12.7. The van der Waals surface area contributed by atoms with E-state index in [2.05, 4.69) is 17.6 Å². The van der Waals surface area contributed by atoms with Gasteiger partial charge in [0.1, 0.15) is 11.5 Å². The van der Waals surface area contributed by atoms with Crippen molar-refractivity contribution in [2.45, 2.75) is 32.6 Å². The average molecular weight is 368 g/mol. The van der Waals surface area contributed by atoms with Crippen LogP contribution < -0.4 is 20.1 Å². The fourth-order valence-corrected chi connectivity index (χ4v) is 2.91. The largest absolute Gasteiger partial charge is 0.497 e. The highest BCUT2D eigenvalue weighted by Crippen LogP contribution is 2.30. The molecule has 0 saturated carbocycles. The van der Waals surface area contributed by atoms with Crippen LogP contribution in [0.2, 0.25) is 0 Å². The molecule has 142 valence electrons. The van der Waals surface area contributed by atoms with Crippen LogP contribution in [0, 0.1) is 0 Å². The maximum Gasteiger partial charge on any atom is 0.255 e. The summed E-state index contributed by atoms with van der Waals surface area (Å²) in [6, 6.07) is 10.6. The van der Waals surface area contributed by atoms with Gasteiger partial charge in [-0.3, -0.25) is 9.59 Å². The van der Waals surface area contributed by atoms with Crippen molar-refractivity contribution in [3.05, 3.63) is 47.5 Å². The van der Waals surface area contributed by atoms with Gasteiger partial charge in [0.15, 0.2) is 0 Å². The van der Waals surface area contributed by atoms with Crippen molar-refractivity contribution in [3.8, 4) is 11.5 Å². The van der Waals surface area contributed by atoms with Gasteiger partial charge in [0, 0.05) is 23.7 Å². The maximum atomic E-state index is 12.8. The van der Waals surface area contributed by atoms with Crippen LogP contribution >= 0.6 is 0 Å². The first-order valence-corrected chi connectivity index (χ1v) is 9.15. The number of carbonyl (C=O) groups excluding carboxylic acids is 2. The summed E-state index contributed by atoms with van der Waals surface area (Å²) in [5, 5.41) is 5.73. The number of nitrogens with one attached hydrogen (secondary N) is 2. The smallest absolute Gasteiger partial charge is 0.255 e. The Bertz CT molecular complexity index is 848. The van der Waals surface area contributed by atoms with Gasteiger partial charge in [0.2, 0.25) is 5.91 Å². The molecule has 2 aromatic rings. The number of carbonyl (C=O) groups is 2. The molecule has 6 nitrogen and oxygen atoms in total. The lowest BCUT2D eigenvalue weighted by molar-refractivity contribution is -0.116. The standard InChI is InChI=1S/C21H24N2O4/c1-3-4-11-27-19-9-7-16(26-2)13-18(19)23-21(25)15-5-8-17-14(12-15)6-10-20(24)22-17/h5,7-9,12-13H,3-4,6,10-11H2,1-2H3,(H,22,24)(H,23,25). The van der Waals surface area contributed by atoms with Crippen LogP contribution in [0.4, 0.5) is 11.4 Å². The van der Waals surface area contributed by atoms with Gasteiger partial charge >= 0.3 is 0 Å².